The van der Waals surface area contributed by atoms with Crippen molar-refractivity contribution in [1.29, 1.82) is 0 Å². The van der Waals surface area contributed by atoms with Gasteiger partial charge in [-0.2, -0.15) is 0 Å². The fraction of sp³-hybridized carbons (Fsp3) is 0.417. The third kappa shape index (κ3) is 2.33. The number of hydrogen-bond acceptors (Lipinski definition) is 4. The average molecular weight is 223 g/mol. The zero-order valence-corrected chi connectivity index (χ0v) is 9.87. The maximum Gasteiger partial charge on any atom is 0.167 e. The summed E-state index contributed by atoms with van der Waals surface area (Å²) >= 11 is 0. The maximum absolute atomic E-state index is 11.8. The molecule has 0 bridgehead atoms. The van der Waals surface area contributed by atoms with Gasteiger partial charge in [-0.3, -0.25) is 4.79 Å². The first-order chi connectivity index (χ1) is 7.65. The lowest BCUT2D eigenvalue weighted by Crippen LogP contribution is -2.10. The average Bonchev–Trinajstić information content (AvgIpc) is 2.28. The molecule has 0 atom stereocenters. The Kier molecular flexibility index (Phi) is 4.31. The molecule has 0 aliphatic carbocycles. The van der Waals surface area contributed by atoms with Gasteiger partial charge in [0.1, 0.15) is 11.5 Å². The van der Waals surface area contributed by atoms with E-state index in [4.69, 9.17) is 15.2 Å². The number of Topliss-reactive ketones (excluding diaryl/α,β-unsaturated/α-hetero) is 1. The van der Waals surface area contributed by atoms with Crippen LogP contribution in [0.2, 0.25) is 0 Å². The minimum atomic E-state index is -0.00916. The van der Waals surface area contributed by atoms with Crippen molar-refractivity contribution in [2.24, 2.45) is 5.73 Å². The molecule has 4 nitrogen and oxygen atoms in total. The molecule has 0 heterocycles. The number of nitrogens with two attached hydrogens (primary N) is 1. The first-order valence-electron chi connectivity index (χ1n) is 5.10. The summed E-state index contributed by atoms with van der Waals surface area (Å²) in [6.45, 7) is 2.20. The van der Waals surface area contributed by atoms with Crippen LogP contribution in [0.3, 0.4) is 0 Å². The number of ether oxygens (including phenoxy) is 2. The molecule has 4 heteroatoms. The number of carbonyl (C=O) groups excluding carboxylic acids is 1. The van der Waals surface area contributed by atoms with Crippen molar-refractivity contribution in [3.63, 3.8) is 0 Å². The lowest BCUT2D eigenvalue weighted by molar-refractivity contribution is 0.0982. The van der Waals surface area contributed by atoms with Crippen molar-refractivity contribution < 1.29 is 14.3 Å². The van der Waals surface area contributed by atoms with Gasteiger partial charge in [0.2, 0.25) is 0 Å². The number of hydrogen-bond donors (Lipinski definition) is 1. The van der Waals surface area contributed by atoms with E-state index in [1.165, 1.54) is 0 Å². The maximum atomic E-state index is 11.8. The first-order valence-corrected chi connectivity index (χ1v) is 5.10. The minimum absolute atomic E-state index is 0.00916. The third-order valence-corrected chi connectivity index (χ3v) is 2.45. The molecule has 0 unspecified atom stereocenters. The third-order valence-electron chi connectivity index (χ3n) is 2.45. The van der Waals surface area contributed by atoms with Gasteiger partial charge in [-0.25, -0.2) is 0 Å². The summed E-state index contributed by atoms with van der Waals surface area (Å²) in [6.07, 6.45) is 0.322. The van der Waals surface area contributed by atoms with Gasteiger partial charge < -0.3 is 15.2 Å². The van der Waals surface area contributed by atoms with Crippen LogP contribution in [0.15, 0.2) is 12.1 Å². The van der Waals surface area contributed by atoms with Crippen LogP contribution in [0.1, 0.15) is 22.3 Å². The van der Waals surface area contributed by atoms with Crippen molar-refractivity contribution >= 4 is 5.78 Å². The van der Waals surface area contributed by atoms with E-state index >= 15 is 0 Å². The van der Waals surface area contributed by atoms with E-state index in [2.05, 4.69) is 0 Å². The molecule has 0 fully saturated rings. The van der Waals surface area contributed by atoms with Crippen LogP contribution < -0.4 is 15.2 Å². The van der Waals surface area contributed by atoms with Crippen molar-refractivity contribution in [1.82, 2.24) is 0 Å². The topological polar surface area (TPSA) is 61.5 Å². The van der Waals surface area contributed by atoms with Gasteiger partial charge in [-0.1, -0.05) is 0 Å². The summed E-state index contributed by atoms with van der Waals surface area (Å²) in [5.74, 6) is 1.27. The molecule has 0 spiro atoms. The molecule has 0 aliphatic heterocycles. The summed E-state index contributed by atoms with van der Waals surface area (Å²) < 4.78 is 10.4. The molecule has 0 aromatic heterocycles. The van der Waals surface area contributed by atoms with E-state index in [9.17, 15) is 4.79 Å². The van der Waals surface area contributed by atoms with Gasteiger partial charge in [-0.05, 0) is 25.6 Å². The minimum Gasteiger partial charge on any atom is -0.496 e. The quantitative estimate of drug-likeness (QED) is 0.769. The second-order valence-corrected chi connectivity index (χ2v) is 3.44. The normalized spacial score (nSPS) is 10.0. The highest BCUT2D eigenvalue weighted by atomic mass is 16.5. The molecule has 0 amide bonds. The van der Waals surface area contributed by atoms with E-state index in [-0.39, 0.29) is 5.78 Å². The molecule has 0 saturated carbocycles. The van der Waals surface area contributed by atoms with E-state index in [0.29, 0.717) is 30.0 Å². The molecule has 1 rings (SSSR count). The molecule has 16 heavy (non-hydrogen) atoms. The summed E-state index contributed by atoms with van der Waals surface area (Å²) in [5, 5.41) is 0. The van der Waals surface area contributed by atoms with Crippen LogP contribution in [0.4, 0.5) is 0 Å². The zero-order valence-electron chi connectivity index (χ0n) is 9.87. The lowest BCUT2D eigenvalue weighted by atomic mass is 10.0. The fourth-order valence-electron chi connectivity index (χ4n) is 1.64. The monoisotopic (exact) mass is 223 g/mol. The second-order valence-electron chi connectivity index (χ2n) is 3.44. The number of ketones is 1. The summed E-state index contributed by atoms with van der Waals surface area (Å²) in [7, 11) is 3.13. The van der Waals surface area contributed by atoms with Crippen molar-refractivity contribution in [3.8, 4) is 11.5 Å². The van der Waals surface area contributed by atoms with Gasteiger partial charge in [0.15, 0.2) is 5.78 Å². The van der Waals surface area contributed by atoms with Gasteiger partial charge in [0.05, 0.1) is 19.8 Å². The van der Waals surface area contributed by atoms with Crippen LogP contribution in [0.25, 0.3) is 0 Å². The van der Waals surface area contributed by atoms with Gasteiger partial charge in [0, 0.05) is 12.0 Å². The first kappa shape index (κ1) is 12.5. The number of benzene rings is 1. The van der Waals surface area contributed by atoms with E-state index in [1.54, 1.807) is 26.4 Å². The Bertz CT molecular complexity index is 388. The highest BCUT2D eigenvalue weighted by molar-refractivity contribution is 5.99. The van der Waals surface area contributed by atoms with Crippen molar-refractivity contribution in [2.45, 2.75) is 13.3 Å². The summed E-state index contributed by atoms with van der Waals surface area (Å²) in [5.41, 5.74) is 6.75. The molecular weight excluding hydrogens is 206 g/mol. The molecule has 0 saturated heterocycles. The van der Waals surface area contributed by atoms with Crippen molar-refractivity contribution in [3.05, 3.63) is 23.3 Å². The standard InChI is InChI=1S/C12H17NO3/c1-8-11(15-2)5-4-9(12(8)16-3)10(14)6-7-13/h4-5H,6-7,13H2,1-3H3. The molecule has 88 valence electrons. The van der Waals surface area contributed by atoms with Crippen LogP contribution in [-0.4, -0.2) is 26.5 Å². The lowest BCUT2D eigenvalue weighted by Gasteiger charge is -2.13. The largest absolute Gasteiger partial charge is 0.496 e. The van der Waals surface area contributed by atoms with E-state index in [1.807, 2.05) is 6.92 Å². The molecule has 0 aliphatic rings. The Balaban J connectivity index is 3.20. The van der Waals surface area contributed by atoms with Crippen LogP contribution in [0.5, 0.6) is 11.5 Å². The van der Waals surface area contributed by atoms with E-state index in [0.717, 1.165) is 5.56 Å². The van der Waals surface area contributed by atoms with Gasteiger partial charge in [-0.15, -0.1) is 0 Å². The Labute approximate surface area is 95.3 Å². The second kappa shape index (κ2) is 5.51. The predicted molar refractivity (Wildman–Crippen MR) is 62.3 cm³/mol. The Morgan fingerprint density at radius 2 is 2.00 bits per heavy atom. The zero-order chi connectivity index (χ0) is 12.1. The van der Waals surface area contributed by atoms with Crippen molar-refractivity contribution in [2.75, 3.05) is 20.8 Å². The summed E-state index contributed by atoms with van der Waals surface area (Å²) in [4.78, 5) is 11.8. The molecule has 2 N–H and O–H groups in total. The number of carbonyl (C=O) groups is 1. The van der Waals surface area contributed by atoms with Crippen LogP contribution in [0, 0.1) is 6.92 Å². The van der Waals surface area contributed by atoms with E-state index < -0.39 is 0 Å². The van der Waals surface area contributed by atoms with Gasteiger partial charge in [0.25, 0.3) is 0 Å². The molecule has 0 radical (unpaired) electrons. The molecular formula is C12H17NO3. The number of rotatable bonds is 5. The molecule has 1 aromatic rings. The number of methoxy groups -OCH3 is 2. The highest BCUT2D eigenvalue weighted by Crippen LogP contribution is 2.31. The van der Waals surface area contributed by atoms with Crippen LogP contribution >= 0.6 is 0 Å². The highest BCUT2D eigenvalue weighted by Gasteiger charge is 2.16. The smallest absolute Gasteiger partial charge is 0.167 e. The SMILES string of the molecule is COc1ccc(C(=O)CCN)c(OC)c1C. The Morgan fingerprint density at radius 3 is 2.50 bits per heavy atom. The fourth-order valence-corrected chi connectivity index (χ4v) is 1.64. The van der Waals surface area contributed by atoms with Crippen LogP contribution in [-0.2, 0) is 0 Å². The Hall–Kier alpha value is -1.55. The molecule has 1 aromatic carbocycles. The van der Waals surface area contributed by atoms with Gasteiger partial charge >= 0.3 is 0 Å². The summed E-state index contributed by atoms with van der Waals surface area (Å²) in [6, 6.07) is 3.48. The Morgan fingerprint density at radius 1 is 1.31 bits per heavy atom. The predicted octanol–water partition coefficient (Wildman–Crippen LogP) is 1.54.